The minimum Gasteiger partial charge on any atom is -0.465 e. The molecule has 1 amide bonds. The molecule has 5 rings (SSSR count). The molecule has 40 heavy (non-hydrogen) atoms. The Morgan fingerprint density at radius 2 is 1.85 bits per heavy atom. The van der Waals surface area contributed by atoms with Crippen LogP contribution in [0.3, 0.4) is 0 Å². The number of rotatable bonds is 7. The molecule has 3 N–H and O–H groups in total. The molecule has 3 heterocycles. The molecule has 0 radical (unpaired) electrons. The molecule has 0 bridgehead atoms. The molecule has 210 valence electrons. The second-order valence-electron chi connectivity index (χ2n) is 10.6. The molecule has 0 unspecified atom stereocenters. The monoisotopic (exact) mass is 585 g/mol. The van der Waals surface area contributed by atoms with E-state index in [-0.39, 0.29) is 22.1 Å². The number of anilines is 5. The third-order valence-electron chi connectivity index (χ3n) is 7.40. The lowest BCUT2D eigenvalue weighted by Gasteiger charge is -2.53. The summed E-state index contributed by atoms with van der Waals surface area (Å²) in [5.41, 5.74) is 1.47. The maximum atomic E-state index is 12.7. The third-order valence-corrected chi connectivity index (χ3v) is 9.22. The number of likely N-dealkylation sites (tertiary alicyclic amines) is 1. The van der Waals surface area contributed by atoms with Gasteiger partial charge in [-0.15, -0.1) is 0 Å². The Bertz CT molecular complexity index is 1520. The summed E-state index contributed by atoms with van der Waals surface area (Å²) in [5.74, 6) is 0.474. The number of carboxylic acid groups (broad SMARTS) is 1. The highest BCUT2D eigenvalue weighted by Gasteiger charge is 2.47. The summed E-state index contributed by atoms with van der Waals surface area (Å²) >= 11 is 6.34. The predicted molar refractivity (Wildman–Crippen MR) is 156 cm³/mol. The van der Waals surface area contributed by atoms with Crippen LogP contribution in [-0.4, -0.2) is 70.5 Å². The molecule has 0 aliphatic carbocycles. The number of amides is 1. The molecule has 0 saturated carbocycles. The van der Waals surface area contributed by atoms with Gasteiger partial charge in [0.1, 0.15) is 17.9 Å². The quantitative estimate of drug-likeness (QED) is 0.188. The first kappa shape index (κ1) is 27.7. The Hall–Kier alpha value is -3.89. The average Bonchev–Trinajstić information content (AvgIpc) is 2.89. The van der Waals surface area contributed by atoms with Crippen LogP contribution >= 0.6 is 18.7 Å². The number of carbonyl (C=O) groups is 1. The first-order chi connectivity index (χ1) is 18.9. The summed E-state index contributed by atoms with van der Waals surface area (Å²) in [6.07, 6.45) is 2.06. The number of hydrogen-bond acceptors (Lipinski definition) is 9. The lowest BCUT2D eigenvalue weighted by molar-refractivity contribution is -0.384. The molecule has 12 nitrogen and oxygen atoms in total. The number of aromatic nitrogens is 2. The summed E-state index contributed by atoms with van der Waals surface area (Å²) in [4.78, 5) is 34.8. The Kier molecular flexibility index (Phi) is 7.32. The van der Waals surface area contributed by atoms with Crippen LogP contribution in [-0.2, 0) is 4.57 Å². The van der Waals surface area contributed by atoms with Crippen LogP contribution in [0.15, 0.2) is 48.7 Å². The van der Waals surface area contributed by atoms with Crippen LogP contribution in [0.5, 0.6) is 0 Å². The number of nitro benzene ring substituents is 1. The number of nitrogens with one attached hydrogen (secondary N) is 2. The molecule has 2 aliphatic heterocycles. The number of nitro groups is 1. The predicted octanol–water partition coefficient (Wildman–Crippen LogP) is 5.35. The van der Waals surface area contributed by atoms with Gasteiger partial charge in [-0.05, 0) is 50.4 Å². The van der Waals surface area contributed by atoms with Gasteiger partial charge in [0.15, 0.2) is 5.82 Å². The molecule has 2 fully saturated rings. The van der Waals surface area contributed by atoms with Crippen molar-refractivity contribution in [2.24, 2.45) is 5.41 Å². The van der Waals surface area contributed by atoms with E-state index in [9.17, 15) is 19.5 Å². The number of benzene rings is 2. The highest BCUT2D eigenvalue weighted by molar-refractivity contribution is 7.70. The molecular formula is C26H29ClN7O5P. The number of hydrogen-bond donors (Lipinski definition) is 3. The SMILES string of the molecule is CP(C)(=O)c1ccccc1Nc1nc(Nc2ccc(N3CCC4(CC3)CN(C(=O)O)C4)c([N+](=O)[O-])c2)ncc1Cl. The van der Waals surface area contributed by atoms with Gasteiger partial charge in [0.05, 0.1) is 16.8 Å². The molecular weight excluding hydrogens is 557 g/mol. The van der Waals surface area contributed by atoms with E-state index in [0.717, 1.165) is 12.8 Å². The Morgan fingerprint density at radius 3 is 2.50 bits per heavy atom. The van der Waals surface area contributed by atoms with Crippen LogP contribution < -0.4 is 20.8 Å². The van der Waals surface area contributed by atoms with Crippen molar-refractivity contribution in [2.45, 2.75) is 12.8 Å². The molecule has 2 saturated heterocycles. The summed E-state index contributed by atoms with van der Waals surface area (Å²) < 4.78 is 12.7. The Balaban J connectivity index is 1.32. The topological polar surface area (TPSA) is 154 Å². The fourth-order valence-corrected chi connectivity index (χ4v) is 6.57. The van der Waals surface area contributed by atoms with Gasteiger partial charge in [0.2, 0.25) is 5.95 Å². The molecule has 3 aromatic rings. The fraction of sp³-hybridized carbons (Fsp3) is 0.346. The van der Waals surface area contributed by atoms with Crippen molar-refractivity contribution in [3.05, 3.63) is 63.8 Å². The summed E-state index contributed by atoms with van der Waals surface area (Å²) in [7, 11) is -2.58. The van der Waals surface area contributed by atoms with Crippen LogP contribution in [0.1, 0.15) is 12.8 Å². The van der Waals surface area contributed by atoms with Gasteiger partial charge >= 0.3 is 6.09 Å². The maximum absolute atomic E-state index is 12.7. The third kappa shape index (κ3) is 5.68. The molecule has 14 heteroatoms. The second-order valence-corrected chi connectivity index (χ2v) is 14.2. The van der Waals surface area contributed by atoms with E-state index < -0.39 is 18.2 Å². The van der Waals surface area contributed by atoms with E-state index in [1.807, 2.05) is 17.0 Å². The van der Waals surface area contributed by atoms with Crippen molar-refractivity contribution >= 4 is 64.7 Å². The Labute approximate surface area is 235 Å². The smallest absolute Gasteiger partial charge is 0.407 e. The van der Waals surface area contributed by atoms with Crippen molar-refractivity contribution in [3.8, 4) is 0 Å². The minimum atomic E-state index is -2.58. The summed E-state index contributed by atoms with van der Waals surface area (Å²) in [6, 6.07) is 12.1. The van der Waals surface area contributed by atoms with Gasteiger partial charge in [-0.25, -0.2) is 9.78 Å². The van der Waals surface area contributed by atoms with E-state index in [1.165, 1.54) is 17.2 Å². The standard InChI is InChI=1S/C26H29ClN7O5P/c1-40(2,39)22-6-4-3-5-19(22)30-23-18(27)14-28-24(31-23)29-17-7-8-20(21(13-17)34(37)38)32-11-9-26(10-12-32)15-33(16-26)25(35)36/h3-8,13-14H,9-12,15-16H2,1-2H3,(H,35,36)(H2,28,29,30,31). The zero-order chi connectivity index (χ0) is 28.7. The van der Waals surface area contributed by atoms with E-state index in [1.54, 1.807) is 37.6 Å². The number of piperidine rings is 1. The van der Waals surface area contributed by atoms with Crippen LogP contribution in [0, 0.1) is 15.5 Å². The number of para-hydroxylation sites is 1. The zero-order valence-electron chi connectivity index (χ0n) is 22.0. The maximum Gasteiger partial charge on any atom is 0.407 e. The zero-order valence-corrected chi connectivity index (χ0v) is 23.7. The molecule has 2 aromatic carbocycles. The molecule has 1 spiro atoms. The first-order valence-electron chi connectivity index (χ1n) is 12.7. The number of nitrogens with zero attached hydrogens (tertiary/aromatic N) is 5. The van der Waals surface area contributed by atoms with Gasteiger partial charge in [-0.1, -0.05) is 23.7 Å². The highest BCUT2D eigenvalue weighted by atomic mass is 35.5. The minimum absolute atomic E-state index is 0.0332. The van der Waals surface area contributed by atoms with E-state index in [4.69, 9.17) is 16.7 Å². The first-order valence-corrected chi connectivity index (χ1v) is 15.6. The lowest BCUT2D eigenvalue weighted by Crippen LogP contribution is -2.61. The van der Waals surface area contributed by atoms with E-state index in [0.29, 0.717) is 54.4 Å². The molecule has 1 aromatic heterocycles. The van der Waals surface area contributed by atoms with Crippen LogP contribution in [0.25, 0.3) is 0 Å². The lowest BCUT2D eigenvalue weighted by atomic mass is 9.72. The summed E-state index contributed by atoms with van der Waals surface area (Å²) in [6.45, 7) is 5.62. The van der Waals surface area contributed by atoms with Gasteiger partial charge in [-0.2, -0.15) is 4.98 Å². The van der Waals surface area contributed by atoms with Crippen molar-refractivity contribution in [3.63, 3.8) is 0 Å². The van der Waals surface area contributed by atoms with Gasteiger partial charge < -0.3 is 30.1 Å². The fourth-order valence-electron chi connectivity index (χ4n) is 5.27. The largest absolute Gasteiger partial charge is 0.465 e. The van der Waals surface area contributed by atoms with Crippen molar-refractivity contribution in [1.82, 2.24) is 14.9 Å². The molecule has 0 atom stereocenters. The second kappa shape index (κ2) is 10.6. The van der Waals surface area contributed by atoms with Crippen molar-refractivity contribution in [1.29, 1.82) is 0 Å². The van der Waals surface area contributed by atoms with E-state index >= 15 is 0 Å². The van der Waals surface area contributed by atoms with E-state index in [2.05, 4.69) is 20.6 Å². The normalized spacial score (nSPS) is 16.4. The van der Waals surface area contributed by atoms with Crippen LogP contribution in [0.2, 0.25) is 5.02 Å². The van der Waals surface area contributed by atoms with Crippen LogP contribution in [0.4, 0.5) is 39.3 Å². The van der Waals surface area contributed by atoms with Gasteiger partial charge in [-0.3, -0.25) is 10.1 Å². The average molecular weight is 586 g/mol. The van der Waals surface area contributed by atoms with Gasteiger partial charge in [0.25, 0.3) is 5.69 Å². The van der Waals surface area contributed by atoms with Crippen molar-refractivity contribution < 1.29 is 19.4 Å². The summed E-state index contributed by atoms with van der Waals surface area (Å²) in [5, 5.41) is 28.2. The van der Waals surface area contributed by atoms with Gasteiger partial charge in [0, 0.05) is 48.7 Å². The van der Waals surface area contributed by atoms with Crippen molar-refractivity contribution in [2.75, 3.05) is 55.0 Å². The Morgan fingerprint density at radius 1 is 1.15 bits per heavy atom. The highest BCUT2D eigenvalue weighted by Crippen LogP contribution is 2.43. The number of halogens is 1. The molecule has 2 aliphatic rings.